The Bertz CT molecular complexity index is 299. The summed E-state index contributed by atoms with van der Waals surface area (Å²) in [6.07, 6.45) is 12.5. The second-order valence-corrected chi connectivity index (χ2v) is 6.30. The Hall–Kier alpha value is -0.570. The first-order chi connectivity index (χ1) is 9.23. The van der Waals surface area contributed by atoms with Crippen LogP contribution in [0.25, 0.3) is 0 Å². The molecule has 0 radical (unpaired) electrons. The Kier molecular flexibility index (Phi) is 5.26. The van der Waals surface area contributed by atoms with Gasteiger partial charge in [-0.3, -0.25) is 10.1 Å². The van der Waals surface area contributed by atoms with Crippen LogP contribution in [0.3, 0.4) is 0 Å². The second kappa shape index (κ2) is 6.74. The van der Waals surface area contributed by atoms with Crippen molar-refractivity contribution in [1.82, 2.24) is 10.2 Å². The smallest absolute Gasteiger partial charge is 0.244 e. The molecule has 3 heteroatoms. The van der Waals surface area contributed by atoms with Crippen molar-refractivity contribution in [2.75, 3.05) is 6.54 Å². The first-order valence-corrected chi connectivity index (χ1v) is 8.32. The Morgan fingerprint density at radius 1 is 1.11 bits per heavy atom. The van der Waals surface area contributed by atoms with E-state index in [1.54, 1.807) is 0 Å². The molecule has 0 aromatic carbocycles. The monoisotopic (exact) mass is 266 g/mol. The molecule has 1 saturated heterocycles. The minimum absolute atomic E-state index is 0.123. The van der Waals surface area contributed by atoms with Gasteiger partial charge in [-0.05, 0) is 25.7 Å². The first-order valence-electron chi connectivity index (χ1n) is 8.32. The van der Waals surface area contributed by atoms with Crippen molar-refractivity contribution in [2.45, 2.75) is 89.8 Å². The fourth-order valence-electron chi connectivity index (χ4n) is 3.18. The Labute approximate surface area is 118 Å². The van der Waals surface area contributed by atoms with Crippen molar-refractivity contribution in [3.63, 3.8) is 0 Å². The van der Waals surface area contributed by atoms with E-state index in [0.717, 1.165) is 32.2 Å². The predicted octanol–water partition coefficient (Wildman–Crippen LogP) is 3.44. The SMILES string of the molecule is CCCCCCCCN1C(=O)C2(CC2)NC1CCC. The standard InChI is InChI=1S/C16H30N2O/c1-3-5-6-7-8-9-13-18-14(10-4-2)17-16(11-12-16)15(18)19/h14,17H,3-13H2,1-2H3. The van der Waals surface area contributed by atoms with Gasteiger partial charge >= 0.3 is 0 Å². The molecule has 1 aliphatic carbocycles. The number of amides is 1. The summed E-state index contributed by atoms with van der Waals surface area (Å²) in [5.41, 5.74) is -0.123. The highest BCUT2D eigenvalue weighted by atomic mass is 16.2. The molecule has 2 rings (SSSR count). The number of nitrogens with one attached hydrogen (secondary N) is 1. The van der Waals surface area contributed by atoms with Crippen LogP contribution in [-0.4, -0.2) is 29.1 Å². The fraction of sp³-hybridized carbons (Fsp3) is 0.938. The van der Waals surface area contributed by atoms with Crippen LogP contribution in [-0.2, 0) is 4.79 Å². The maximum atomic E-state index is 12.4. The van der Waals surface area contributed by atoms with Crippen LogP contribution in [0.1, 0.15) is 78.1 Å². The minimum atomic E-state index is -0.123. The molecule has 0 bridgehead atoms. The molecular weight excluding hydrogens is 236 g/mol. The molecule has 0 aromatic rings. The molecule has 2 aliphatic rings. The van der Waals surface area contributed by atoms with Crippen molar-refractivity contribution < 1.29 is 4.79 Å². The predicted molar refractivity (Wildman–Crippen MR) is 78.9 cm³/mol. The summed E-state index contributed by atoms with van der Waals surface area (Å²) < 4.78 is 0. The molecule has 2 fully saturated rings. The van der Waals surface area contributed by atoms with E-state index in [1.165, 1.54) is 38.5 Å². The quantitative estimate of drug-likeness (QED) is 0.648. The number of unbranched alkanes of at least 4 members (excludes halogenated alkanes) is 5. The zero-order valence-electron chi connectivity index (χ0n) is 12.7. The van der Waals surface area contributed by atoms with E-state index >= 15 is 0 Å². The van der Waals surface area contributed by atoms with Crippen LogP contribution in [0, 0.1) is 0 Å². The second-order valence-electron chi connectivity index (χ2n) is 6.30. The normalized spacial score (nSPS) is 24.4. The molecule has 3 nitrogen and oxygen atoms in total. The largest absolute Gasteiger partial charge is 0.326 e. The maximum Gasteiger partial charge on any atom is 0.244 e. The molecule has 19 heavy (non-hydrogen) atoms. The minimum Gasteiger partial charge on any atom is -0.326 e. The van der Waals surface area contributed by atoms with Gasteiger partial charge in [-0.25, -0.2) is 0 Å². The van der Waals surface area contributed by atoms with E-state index in [2.05, 4.69) is 24.1 Å². The number of nitrogens with zero attached hydrogens (tertiary/aromatic N) is 1. The van der Waals surface area contributed by atoms with Gasteiger partial charge in [0, 0.05) is 6.54 Å². The van der Waals surface area contributed by atoms with E-state index in [1.807, 2.05) is 0 Å². The highest BCUT2D eigenvalue weighted by Crippen LogP contribution is 2.42. The van der Waals surface area contributed by atoms with Crippen LogP contribution in [0.2, 0.25) is 0 Å². The topological polar surface area (TPSA) is 32.3 Å². The number of carbonyl (C=O) groups is 1. The average molecular weight is 266 g/mol. The van der Waals surface area contributed by atoms with Gasteiger partial charge in [0.15, 0.2) is 0 Å². The molecule has 1 atom stereocenters. The van der Waals surface area contributed by atoms with Gasteiger partial charge in [-0.2, -0.15) is 0 Å². The third-order valence-corrected chi connectivity index (χ3v) is 4.55. The van der Waals surface area contributed by atoms with E-state index in [0.29, 0.717) is 12.1 Å². The van der Waals surface area contributed by atoms with E-state index in [4.69, 9.17) is 0 Å². The lowest BCUT2D eigenvalue weighted by Crippen LogP contribution is -2.37. The van der Waals surface area contributed by atoms with Gasteiger partial charge in [0.05, 0.1) is 11.7 Å². The maximum absolute atomic E-state index is 12.4. The zero-order chi connectivity index (χ0) is 13.7. The summed E-state index contributed by atoms with van der Waals surface area (Å²) in [6.45, 7) is 5.41. The summed E-state index contributed by atoms with van der Waals surface area (Å²) in [4.78, 5) is 14.5. The Morgan fingerprint density at radius 3 is 2.42 bits per heavy atom. The van der Waals surface area contributed by atoms with Crippen LogP contribution >= 0.6 is 0 Å². The van der Waals surface area contributed by atoms with E-state index < -0.39 is 0 Å². The molecular formula is C16H30N2O. The van der Waals surface area contributed by atoms with Gasteiger partial charge in [-0.1, -0.05) is 52.4 Å². The highest BCUT2D eigenvalue weighted by Gasteiger charge is 2.58. The molecule has 1 N–H and O–H groups in total. The molecule has 1 spiro atoms. The van der Waals surface area contributed by atoms with Crippen LogP contribution < -0.4 is 5.32 Å². The van der Waals surface area contributed by atoms with Crippen LogP contribution in [0.15, 0.2) is 0 Å². The van der Waals surface area contributed by atoms with Crippen LogP contribution in [0.4, 0.5) is 0 Å². The van der Waals surface area contributed by atoms with Gasteiger partial charge < -0.3 is 4.90 Å². The zero-order valence-corrected chi connectivity index (χ0v) is 12.7. The van der Waals surface area contributed by atoms with Crippen molar-refractivity contribution in [3.05, 3.63) is 0 Å². The average Bonchev–Trinajstić information content (AvgIpc) is 3.13. The van der Waals surface area contributed by atoms with E-state index in [-0.39, 0.29) is 5.54 Å². The first kappa shape index (κ1) is 14.8. The fourth-order valence-corrected chi connectivity index (χ4v) is 3.18. The lowest BCUT2D eigenvalue weighted by atomic mass is 10.1. The Morgan fingerprint density at radius 2 is 1.79 bits per heavy atom. The van der Waals surface area contributed by atoms with Gasteiger partial charge in [0.2, 0.25) is 5.91 Å². The highest BCUT2D eigenvalue weighted by molar-refractivity contribution is 5.91. The summed E-state index contributed by atoms with van der Waals surface area (Å²) in [7, 11) is 0. The third-order valence-electron chi connectivity index (χ3n) is 4.55. The molecule has 1 aliphatic heterocycles. The van der Waals surface area contributed by atoms with Gasteiger partial charge in [0.1, 0.15) is 0 Å². The third kappa shape index (κ3) is 3.50. The summed E-state index contributed by atoms with van der Waals surface area (Å²) >= 11 is 0. The Balaban J connectivity index is 1.72. The van der Waals surface area contributed by atoms with Crippen molar-refractivity contribution >= 4 is 5.91 Å². The summed E-state index contributed by atoms with van der Waals surface area (Å²) in [5, 5.41) is 3.58. The van der Waals surface area contributed by atoms with Gasteiger partial charge in [0.25, 0.3) is 0 Å². The molecule has 0 aromatic heterocycles. The van der Waals surface area contributed by atoms with Crippen molar-refractivity contribution in [3.8, 4) is 0 Å². The lowest BCUT2D eigenvalue weighted by Gasteiger charge is -2.23. The number of rotatable bonds is 9. The number of hydrogen-bond donors (Lipinski definition) is 1. The van der Waals surface area contributed by atoms with Crippen molar-refractivity contribution in [2.24, 2.45) is 0 Å². The van der Waals surface area contributed by atoms with E-state index in [9.17, 15) is 4.79 Å². The van der Waals surface area contributed by atoms with Crippen LogP contribution in [0.5, 0.6) is 0 Å². The number of hydrogen-bond acceptors (Lipinski definition) is 2. The molecule has 1 heterocycles. The van der Waals surface area contributed by atoms with Gasteiger partial charge in [-0.15, -0.1) is 0 Å². The number of carbonyl (C=O) groups excluding carboxylic acids is 1. The molecule has 110 valence electrons. The molecule has 1 unspecified atom stereocenters. The summed E-state index contributed by atoms with van der Waals surface area (Å²) in [6, 6.07) is 0. The summed E-state index contributed by atoms with van der Waals surface area (Å²) in [5.74, 6) is 0.388. The van der Waals surface area contributed by atoms with Crippen molar-refractivity contribution in [1.29, 1.82) is 0 Å². The molecule has 1 amide bonds. The lowest BCUT2D eigenvalue weighted by molar-refractivity contribution is -0.130. The molecule has 1 saturated carbocycles.